The van der Waals surface area contributed by atoms with Crippen LogP contribution in [0.1, 0.15) is 56.6 Å². The lowest BCUT2D eigenvalue weighted by molar-refractivity contribution is 0.304. The fourth-order valence-corrected chi connectivity index (χ4v) is 3.87. The minimum Gasteiger partial charge on any atom is -0.204 e. The van der Waals surface area contributed by atoms with Crippen LogP contribution in [-0.2, 0) is 0 Å². The maximum absolute atomic E-state index is 13.3. The Kier molecular flexibility index (Phi) is 6.86. The molecule has 1 aliphatic carbocycles. The molecule has 0 N–H and O–H groups in total. The van der Waals surface area contributed by atoms with Gasteiger partial charge in [0.2, 0.25) is 0 Å². The standard InChI is InChI=1S/C23H26F2N2/c1-2-6-17-9-12-20(13-10-17)23(19-7-4-3-5-8-19)27-26-16-18-11-14-21(24)22(25)15-18/h3-5,7-8,11,14-17,20H,2,6,9-10,12-13H2,1H3. The van der Waals surface area contributed by atoms with Gasteiger partial charge in [0.1, 0.15) is 0 Å². The van der Waals surface area contributed by atoms with E-state index >= 15 is 0 Å². The molecule has 0 saturated heterocycles. The van der Waals surface area contributed by atoms with Crippen LogP contribution in [0.15, 0.2) is 58.7 Å². The van der Waals surface area contributed by atoms with Gasteiger partial charge in [-0.3, -0.25) is 0 Å². The molecule has 0 heterocycles. The molecule has 1 fully saturated rings. The molecule has 2 nitrogen and oxygen atoms in total. The van der Waals surface area contributed by atoms with Crippen molar-refractivity contribution in [3.05, 3.63) is 71.3 Å². The lowest BCUT2D eigenvalue weighted by Gasteiger charge is -2.29. The molecule has 2 aromatic carbocycles. The SMILES string of the molecule is CCCC1CCC(C(=NN=Cc2ccc(F)c(F)c2)c2ccccc2)CC1. The number of hydrogen-bond acceptors (Lipinski definition) is 2. The number of hydrogen-bond donors (Lipinski definition) is 0. The highest BCUT2D eigenvalue weighted by molar-refractivity contribution is 6.02. The zero-order valence-corrected chi connectivity index (χ0v) is 15.7. The van der Waals surface area contributed by atoms with Crippen molar-refractivity contribution in [2.45, 2.75) is 45.4 Å². The Balaban J connectivity index is 1.79. The molecule has 3 rings (SSSR count). The smallest absolute Gasteiger partial charge is 0.159 e. The molecule has 0 unspecified atom stereocenters. The first-order valence-corrected chi connectivity index (χ1v) is 9.78. The highest BCUT2D eigenvalue weighted by atomic mass is 19.2. The summed E-state index contributed by atoms with van der Waals surface area (Å²) in [4.78, 5) is 0. The maximum atomic E-state index is 13.3. The summed E-state index contributed by atoms with van der Waals surface area (Å²) in [6.45, 7) is 2.25. The van der Waals surface area contributed by atoms with Crippen LogP contribution in [0.3, 0.4) is 0 Å². The monoisotopic (exact) mass is 368 g/mol. The van der Waals surface area contributed by atoms with Crippen LogP contribution in [0.2, 0.25) is 0 Å². The minimum absolute atomic E-state index is 0.391. The van der Waals surface area contributed by atoms with Gasteiger partial charge in [-0.05, 0) is 54.9 Å². The van der Waals surface area contributed by atoms with Crippen LogP contribution in [0.4, 0.5) is 8.78 Å². The lowest BCUT2D eigenvalue weighted by Crippen LogP contribution is -2.22. The van der Waals surface area contributed by atoms with Gasteiger partial charge < -0.3 is 0 Å². The molecule has 0 aliphatic heterocycles. The van der Waals surface area contributed by atoms with Gasteiger partial charge in [-0.2, -0.15) is 10.2 Å². The molecule has 1 saturated carbocycles. The van der Waals surface area contributed by atoms with Crippen molar-refractivity contribution in [3.8, 4) is 0 Å². The molecule has 0 spiro atoms. The zero-order valence-electron chi connectivity index (χ0n) is 15.7. The minimum atomic E-state index is -0.875. The van der Waals surface area contributed by atoms with Crippen molar-refractivity contribution in [2.75, 3.05) is 0 Å². The van der Waals surface area contributed by atoms with E-state index in [0.29, 0.717) is 11.5 Å². The second kappa shape index (κ2) is 9.54. The van der Waals surface area contributed by atoms with Gasteiger partial charge in [-0.1, -0.05) is 56.2 Å². The second-order valence-electron chi connectivity index (χ2n) is 7.28. The highest BCUT2D eigenvalue weighted by Crippen LogP contribution is 2.33. The van der Waals surface area contributed by atoms with Crippen LogP contribution >= 0.6 is 0 Å². The van der Waals surface area contributed by atoms with Gasteiger partial charge >= 0.3 is 0 Å². The van der Waals surface area contributed by atoms with Gasteiger partial charge in [0.05, 0.1) is 11.9 Å². The van der Waals surface area contributed by atoms with E-state index in [-0.39, 0.29) is 0 Å². The number of halogens is 2. The largest absolute Gasteiger partial charge is 0.204 e. The van der Waals surface area contributed by atoms with Crippen LogP contribution in [0, 0.1) is 23.5 Å². The number of benzene rings is 2. The summed E-state index contributed by atoms with van der Waals surface area (Å²) in [6, 6.07) is 13.9. The molecule has 0 radical (unpaired) electrons. The van der Waals surface area contributed by atoms with E-state index in [2.05, 4.69) is 29.3 Å². The predicted molar refractivity (Wildman–Crippen MR) is 107 cm³/mol. The Morgan fingerprint density at radius 2 is 1.74 bits per heavy atom. The summed E-state index contributed by atoms with van der Waals surface area (Å²) in [7, 11) is 0. The maximum Gasteiger partial charge on any atom is 0.159 e. The van der Waals surface area contributed by atoms with Crippen molar-refractivity contribution in [2.24, 2.45) is 22.0 Å². The lowest BCUT2D eigenvalue weighted by atomic mass is 9.77. The van der Waals surface area contributed by atoms with E-state index in [0.717, 1.165) is 42.2 Å². The topological polar surface area (TPSA) is 24.7 Å². The molecular weight excluding hydrogens is 342 g/mol. The van der Waals surface area contributed by atoms with Crippen molar-refractivity contribution in [1.82, 2.24) is 0 Å². The molecule has 0 amide bonds. The third-order valence-corrected chi connectivity index (χ3v) is 5.32. The van der Waals surface area contributed by atoms with Crippen molar-refractivity contribution >= 4 is 11.9 Å². The molecule has 0 atom stereocenters. The molecule has 0 bridgehead atoms. The van der Waals surface area contributed by atoms with E-state index < -0.39 is 11.6 Å². The summed E-state index contributed by atoms with van der Waals surface area (Å²) in [6.07, 6.45) is 8.74. The summed E-state index contributed by atoms with van der Waals surface area (Å²) in [5.41, 5.74) is 2.57. The molecule has 2 aromatic rings. The number of nitrogens with zero attached hydrogens (tertiary/aromatic N) is 2. The molecule has 4 heteroatoms. The third-order valence-electron chi connectivity index (χ3n) is 5.32. The number of rotatable bonds is 6. The van der Waals surface area contributed by atoms with Gasteiger partial charge in [0, 0.05) is 5.92 Å². The van der Waals surface area contributed by atoms with Gasteiger partial charge in [-0.25, -0.2) is 8.78 Å². The molecule has 0 aromatic heterocycles. The van der Waals surface area contributed by atoms with Crippen LogP contribution < -0.4 is 0 Å². The van der Waals surface area contributed by atoms with E-state index in [1.165, 1.54) is 38.0 Å². The van der Waals surface area contributed by atoms with Gasteiger partial charge in [0.15, 0.2) is 11.6 Å². The van der Waals surface area contributed by atoms with Crippen molar-refractivity contribution in [3.63, 3.8) is 0 Å². The third kappa shape index (κ3) is 5.31. The molecule has 27 heavy (non-hydrogen) atoms. The Morgan fingerprint density at radius 3 is 2.41 bits per heavy atom. The summed E-state index contributed by atoms with van der Waals surface area (Å²) in [5.74, 6) is -0.513. The summed E-state index contributed by atoms with van der Waals surface area (Å²) in [5, 5.41) is 8.70. The molecular formula is C23H26F2N2. The van der Waals surface area contributed by atoms with Crippen LogP contribution in [0.25, 0.3) is 0 Å². The first-order valence-electron chi connectivity index (χ1n) is 9.78. The first kappa shape index (κ1) is 19.4. The summed E-state index contributed by atoms with van der Waals surface area (Å²) >= 11 is 0. The van der Waals surface area contributed by atoms with Gasteiger partial charge in [-0.15, -0.1) is 0 Å². The first-order chi connectivity index (χ1) is 13.2. The van der Waals surface area contributed by atoms with Crippen LogP contribution in [0.5, 0.6) is 0 Å². The summed E-state index contributed by atoms with van der Waals surface area (Å²) < 4.78 is 26.4. The van der Waals surface area contributed by atoms with Crippen molar-refractivity contribution in [1.29, 1.82) is 0 Å². The average Bonchev–Trinajstić information content (AvgIpc) is 2.70. The van der Waals surface area contributed by atoms with E-state index in [9.17, 15) is 8.78 Å². The molecule has 1 aliphatic rings. The fraction of sp³-hybridized carbons (Fsp3) is 0.391. The predicted octanol–water partition coefficient (Wildman–Crippen LogP) is 6.39. The second-order valence-corrected chi connectivity index (χ2v) is 7.28. The quantitative estimate of drug-likeness (QED) is 0.417. The van der Waals surface area contributed by atoms with E-state index in [1.807, 2.05) is 18.2 Å². The average molecular weight is 368 g/mol. The van der Waals surface area contributed by atoms with E-state index in [4.69, 9.17) is 0 Å². The Bertz CT molecular complexity index is 791. The van der Waals surface area contributed by atoms with E-state index in [1.54, 1.807) is 0 Å². The normalized spacial score (nSPS) is 20.9. The molecule has 142 valence electrons. The Morgan fingerprint density at radius 1 is 1.00 bits per heavy atom. The Labute approximate surface area is 160 Å². The van der Waals surface area contributed by atoms with Crippen molar-refractivity contribution < 1.29 is 8.78 Å². The van der Waals surface area contributed by atoms with Crippen LogP contribution in [-0.4, -0.2) is 11.9 Å². The van der Waals surface area contributed by atoms with Gasteiger partial charge in [0.25, 0.3) is 0 Å². The zero-order chi connectivity index (χ0) is 19.1. The fourth-order valence-electron chi connectivity index (χ4n) is 3.87. The Hall–Kier alpha value is -2.36. The highest BCUT2D eigenvalue weighted by Gasteiger charge is 2.25.